The molecule has 1 unspecified atom stereocenters. The van der Waals surface area contributed by atoms with Crippen LogP contribution in [0, 0.1) is 12.8 Å². The zero-order valence-electron chi connectivity index (χ0n) is 9.79. The van der Waals surface area contributed by atoms with Gasteiger partial charge in [0.2, 0.25) is 0 Å². The summed E-state index contributed by atoms with van der Waals surface area (Å²) in [6.45, 7) is 4.88. The number of hydrogen-bond donors (Lipinski definition) is 1. The number of rotatable bonds is 5. The van der Waals surface area contributed by atoms with Crippen LogP contribution >= 0.6 is 15.9 Å². The molecule has 88 valence electrons. The molecular formula is C13H18BrNO. The summed E-state index contributed by atoms with van der Waals surface area (Å²) in [5.41, 5.74) is 1.90. The van der Waals surface area contributed by atoms with Gasteiger partial charge in [0.15, 0.2) is 0 Å². The van der Waals surface area contributed by atoms with Crippen molar-refractivity contribution in [2.24, 2.45) is 5.92 Å². The van der Waals surface area contributed by atoms with Gasteiger partial charge in [-0.25, -0.2) is 0 Å². The zero-order chi connectivity index (χ0) is 12.0. The van der Waals surface area contributed by atoms with Crippen LogP contribution in [0.25, 0.3) is 0 Å². The Hall–Kier alpha value is -0.830. The van der Waals surface area contributed by atoms with Crippen molar-refractivity contribution in [3.63, 3.8) is 0 Å². The van der Waals surface area contributed by atoms with Gasteiger partial charge >= 0.3 is 0 Å². The van der Waals surface area contributed by atoms with Gasteiger partial charge in [-0.2, -0.15) is 0 Å². The second kappa shape index (κ2) is 6.69. The van der Waals surface area contributed by atoms with Gasteiger partial charge in [0.1, 0.15) is 0 Å². The maximum Gasteiger partial charge on any atom is 0.251 e. The maximum absolute atomic E-state index is 11.7. The molecule has 1 aromatic rings. The molecule has 1 atom stereocenters. The third-order valence-corrected chi connectivity index (χ3v) is 2.98. The number of aryl methyl sites for hydroxylation is 1. The molecule has 0 aromatic heterocycles. The van der Waals surface area contributed by atoms with Gasteiger partial charge in [0.05, 0.1) is 0 Å². The standard InChI is InChI=1S/C13H18BrNO/c1-10-3-5-12(6-4-10)13(16)15-9-11(2)7-8-14/h3-6,11H,7-9H2,1-2H3,(H,15,16). The van der Waals surface area contributed by atoms with Crippen LogP contribution in [-0.4, -0.2) is 17.8 Å². The lowest BCUT2D eigenvalue weighted by molar-refractivity contribution is 0.0948. The van der Waals surface area contributed by atoms with Gasteiger partial charge in [-0.15, -0.1) is 0 Å². The fourth-order valence-corrected chi connectivity index (χ4v) is 2.14. The maximum atomic E-state index is 11.7. The molecule has 16 heavy (non-hydrogen) atoms. The highest BCUT2D eigenvalue weighted by atomic mass is 79.9. The van der Waals surface area contributed by atoms with Gasteiger partial charge in [-0.05, 0) is 31.4 Å². The molecule has 1 amide bonds. The Morgan fingerprint density at radius 2 is 2.00 bits per heavy atom. The predicted molar refractivity (Wildman–Crippen MR) is 71.1 cm³/mol. The summed E-state index contributed by atoms with van der Waals surface area (Å²) in [6.07, 6.45) is 1.08. The average molecular weight is 284 g/mol. The highest BCUT2D eigenvalue weighted by molar-refractivity contribution is 9.09. The summed E-state index contributed by atoms with van der Waals surface area (Å²) < 4.78 is 0. The van der Waals surface area contributed by atoms with Crippen molar-refractivity contribution < 1.29 is 4.79 Å². The van der Waals surface area contributed by atoms with Crippen LogP contribution in [0.1, 0.15) is 29.3 Å². The lowest BCUT2D eigenvalue weighted by atomic mass is 10.1. The Labute approximate surface area is 106 Å². The minimum absolute atomic E-state index is 0.0152. The molecule has 0 radical (unpaired) electrons. The van der Waals surface area contributed by atoms with Crippen LogP contribution in [0.4, 0.5) is 0 Å². The molecule has 0 aliphatic carbocycles. The Morgan fingerprint density at radius 3 is 2.56 bits per heavy atom. The smallest absolute Gasteiger partial charge is 0.251 e. The number of halogens is 1. The fraction of sp³-hybridized carbons (Fsp3) is 0.462. The number of nitrogens with one attached hydrogen (secondary N) is 1. The molecule has 1 N–H and O–H groups in total. The molecule has 3 heteroatoms. The van der Waals surface area contributed by atoms with Crippen molar-refractivity contribution >= 4 is 21.8 Å². The van der Waals surface area contributed by atoms with Crippen molar-refractivity contribution in [3.05, 3.63) is 35.4 Å². The Morgan fingerprint density at radius 1 is 1.38 bits per heavy atom. The molecule has 0 spiro atoms. The predicted octanol–water partition coefficient (Wildman–Crippen LogP) is 3.15. The fourth-order valence-electron chi connectivity index (χ4n) is 1.36. The van der Waals surface area contributed by atoms with Crippen molar-refractivity contribution in [2.75, 3.05) is 11.9 Å². The van der Waals surface area contributed by atoms with E-state index < -0.39 is 0 Å². The van der Waals surface area contributed by atoms with Crippen LogP contribution in [0.5, 0.6) is 0 Å². The van der Waals surface area contributed by atoms with E-state index in [1.165, 1.54) is 5.56 Å². The molecule has 1 aromatic carbocycles. The second-order valence-corrected chi connectivity index (χ2v) is 4.95. The van der Waals surface area contributed by atoms with Crippen LogP contribution in [0.2, 0.25) is 0 Å². The van der Waals surface area contributed by atoms with Gasteiger partial charge in [-0.1, -0.05) is 40.5 Å². The van der Waals surface area contributed by atoms with Crippen LogP contribution in [0.3, 0.4) is 0 Å². The summed E-state index contributed by atoms with van der Waals surface area (Å²) >= 11 is 3.40. The minimum Gasteiger partial charge on any atom is -0.352 e. The largest absolute Gasteiger partial charge is 0.352 e. The van der Waals surface area contributed by atoms with Crippen molar-refractivity contribution in [3.8, 4) is 0 Å². The molecule has 0 saturated carbocycles. The first-order chi connectivity index (χ1) is 7.63. The SMILES string of the molecule is Cc1ccc(C(=O)NCC(C)CCBr)cc1. The summed E-state index contributed by atoms with van der Waals surface area (Å²) in [4.78, 5) is 11.7. The molecule has 0 saturated heterocycles. The van der Waals surface area contributed by atoms with E-state index in [1.807, 2.05) is 31.2 Å². The number of carbonyl (C=O) groups is 1. The first kappa shape index (κ1) is 13.2. The molecule has 0 bridgehead atoms. The van der Waals surface area contributed by atoms with Gasteiger partial charge < -0.3 is 5.32 Å². The minimum atomic E-state index is 0.0152. The lowest BCUT2D eigenvalue weighted by Crippen LogP contribution is -2.28. The van der Waals surface area contributed by atoms with E-state index in [0.717, 1.165) is 23.9 Å². The van der Waals surface area contributed by atoms with E-state index in [4.69, 9.17) is 0 Å². The third kappa shape index (κ3) is 4.35. The lowest BCUT2D eigenvalue weighted by Gasteiger charge is -2.11. The van der Waals surface area contributed by atoms with Crippen LogP contribution in [-0.2, 0) is 0 Å². The highest BCUT2D eigenvalue weighted by Crippen LogP contribution is 2.05. The number of amides is 1. The van der Waals surface area contributed by atoms with E-state index in [1.54, 1.807) is 0 Å². The second-order valence-electron chi connectivity index (χ2n) is 4.16. The van der Waals surface area contributed by atoms with E-state index >= 15 is 0 Å². The van der Waals surface area contributed by atoms with Crippen molar-refractivity contribution in [1.29, 1.82) is 0 Å². The molecule has 1 rings (SSSR count). The van der Waals surface area contributed by atoms with E-state index in [0.29, 0.717) is 5.92 Å². The quantitative estimate of drug-likeness (QED) is 0.827. The molecular weight excluding hydrogens is 266 g/mol. The van der Waals surface area contributed by atoms with Gasteiger partial charge in [0.25, 0.3) is 5.91 Å². The average Bonchev–Trinajstić information content (AvgIpc) is 2.27. The summed E-state index contributed by atoms with van der Waals surface area (Å²) in [6, 6.07) is 7.63. The van der Waals surface area contributed by atoms with Crippen LogP contribution in [0.15, 0.2) is 24.3 Å². The first-order valence-corrected chi connectivity index (χ1v) is 6.66. The first-order valence-electron chi connectivity index (χ1n) is 5.54. The Bertz CT molecular complexity index is 334. The molecule has 0 aliphatic heterocycles. The summed E-state index contributed by atoms with van der Waals surface area (Å²) in [5.74, 6) is 0.523. The molecule has 0 aliphatic rings. The normalized spacial score (nSPS) is 12.2. The number of carbonyl (C=O) groups excluding carboxylic acids is 1. The number of hydrogen-bond acceptors (Lipinski definition) is 1. The van der Waals surface area contributed by atoms with E-state index in [9.17, 15) is 4.79 Å². The van der Waals surface area contributed by atoms with Crippen molar-refractivity contribution in [1.82, 2.24) is 5.32 Å². The molecule has 0 fully saturated rings. The van der Waals surface area contributed by atoms with Gasteiger partial charge in [-0.3, -0.25) is 4.79 Å². The van der Waals surface area contributed by atoms with Crippen molar-refractivity contribution in [2.45, 2.75) is 20.3 Å². The Kier molecular flexibility index (Phi) is 5.53. The topological polar surface area (TPSA) is 29.1 Å². The number of benzene rings is 1. The number of alkyl halides is 1. The third-order valence-electron chi connectivity index (χ3n) is 2.53. The van der Waals surface area contributed by atoms with Crippen LogP contribution < -0.4 is 5.32 Å². The Balaban J connectivity index is 2.43. The molecule has 0 heterocycles. The van der Waals surface area contributed by atoms with Gasteiger partial charge in [0, 0.05) is 17.4 Å². The molecule has 2 nitrogen and oxygen atoms in total. The van der Waals surface area contributed by atoms with E-state index in [-0.39, 0.29) is 5.91 Å². The monoisotopic (exact) mass is 283 g/mol. The summed E-state index contributed by atoms with van der Waals surface area (Å²) in [7, 11) is 0. The zero-order valence-corrected chi connectivity index (χ0v) is 11.4. The van der Waals surface area contributed by atoms with E-state index in [2.05, 4.69) is 28.2 Å². The summed E-state index contributed by atoms with van der Waals surface area (Å²) in [5, 5.41) is 3.92. The highest BCUT2D eigenvalue weighted by Gasteiger charge is 2.06.